The Bertz CT molecular complexity index is 722. The maximum Gasteiger partial charge on any atom is 0.119 e. The molecule has 0 radical (unpaired) electrons. The lowest BCUT2D eigenvalue weighted by Crippen LogP contribution is -2.27. The third-order valence-corrected chi connectivity index (χ3v) is 4.06. The number of nitrogens with one attached hydrogen (secondary N) is 1. The zero-order chi connectivity index (χ0) is 18.1. The third kappa shape index (κ3) is 6.29. The molecule has 0 aliphatic carbocycles. The highest BCUT2D eigenvalue weighted by molar-refractivity contribution is 5.48. The summed E-state index contributed by atoms with van der Waals surface area (Å²) >= 11 is 0. The summed E-state index contributed by atoms with van der Waals surface area (Å²) in [5.74, 6) is 7.46. The standard InChI is InChI=1S/C23H29NO/c1-5-15-25-23-14-13-22(18(3)16-23)12-11-20-7-9-21(10-8-20)17-19(4)24-6-2/h7-10,13-14,16,19,24H,5-6,15,17H2,1-4H3. The minimum Gasteiger partial charge on any atom is -0.494 e. The summed E-state index contributed by atoms with van der Waals surface area (Å²) < 4.78 is 5.66. The van der Waals surface area contributed by atoms with Gasteiger partial charge in [-0.15, -0.1) is 0 Å². The van der Waals surface area contributed by atoms with Gasteiger partial charge in [-0.25, -0.2) is 0 Å². The van der Waals surface area contributed by atoms with Crippen molar-refractivity contribution in [3.05, 3.63) is 64.7 Å². The van der Waals surface area contributed by atoms with Crippen molar-refractivity contribution in [3.63, 3.8) is 0 Å². The highest BCUT2D eigenvalue weighted by Gasteiger charge is 2.02. The van der Waals surface area contributed by atoms with Crippen molar-refractivity contribution in [2.24, 2.45) is 0 Å². The summed E-state index contributed by atoms with van der Waals surface area (Å²) in [6, 6.07) is 15.2. The van der Waals surface area contributed by atoms with Crippen LogP contribution >= 0.6 is 0 Å². The molecule has 0 bridgehead atoms. The average molecular weight is 335 g/mol. The molecule has 0 spiro atoms. The zero-order valence-corrected chi connectivity index (χ0v) is 15.9. The highest BCUT2D eigenvalue weighted by atomic mass is 16.5. The lowest BCUT2D eigenvalue weighted by Gasteiger charge is -2.11. The molecule has 1 N–H and O–H groups in total. The first kappa shape index (κ1) is 19.1. The van der Waals surface area contributed by atoms with Crippen LogP contribution in [-0.2, 0) is 6.42 Å². The molecule has 2 rings (SSSR count). The molecule has 2 aromatic carbocycles. The molecule has 0 heterocycles. The molecular formula is C23H29NO. The maximum atomic E-state index is 5.66. The van der Waals surface area contributed by atoms with Crippen LogP contribution in [0.5, 0.6) is 5.75 Å². The van der Waals surface area contributed by atoms with Crippen molar-refractivity contribution >= 4 is 0 Å². The third-order valence-electron chi connectivity index (χ3n) is 4.06. The van der Waals surface area contributed by atoms with Gasteiger partial charge in [-0.05, 0) is 74.7 Å². The van der Waals surface area contributed by atoms with Gasteiger partial charge in [0.15, 0.2) is 0 Å². The number of hydrogen-bond acceptors (Lipinski definition) is 2. The zero-order valence-electron chi connectivity index (χ0n) is 15.9. The van der Waals surface area contributed by atoms with Gasteiger partial charge in [-0.3, -0.25) is 0 Å². The van der Waals surface area contributed by atoms with Crippen LogP contribution in [0.3, 0.4) is 0 Å². The number of hydrogen-bond donors (Lipinski definition) is 1. The van der Waals surface area contributed by atoms with Crippen molar-refractivity contribution in [2.75, 3.05) is 13.2 Å². The summed E-state index contributed by atoms with van der Waals surface area (Å²) in [7, 11) is 0. The van der Waals surface area contributed by atoms with Crippen molar-refractivity contribution in [1.29, 1.82) is 0 Å². The predicted molar refractivity (Wildman–Crippen MR) is 106 cm³/mol. The second-order valence-electron chi connectivity index (χ2n) is 6.43. The fourth-order valence-electron chi connectivity index (χ4n) is 2.72. The summed E-state index contributed by atoms with van der Waals surface area (Å²) in [6.07, 6.45) is 2.06. The van der Waals surface area contributed by atoms with Gasteiger partial charge in [0.1, 0.15) is 5.75 Å². The van der Waals surface area contributed by atoms with E-state index in [1.165, 1.54) is 5.56 Å². The Labute approximate surface area is 152 Å². The predicted octanol–water partition coefficient (Wildman–Crippen LogP) is 4.72. The normalized spacial score (nSPS) is 11.5. The number of ether oxygens (including phenoxy) is 1. The average Bonchev–Trinajstić information content (AvgIpc) is 2.60. The summed E-state index contributed by atoms with van der Waals surface area (Å²) in [6.45, 7) is 10.3. The van der Waals surface area contributed by atoms with Crippen molar-refractivity contribution < 1.29 is 4.74 Å². The van der Waals surface area contributed by atoms with Crippen molar-refractivity contribution in [1.82, 2.24) is 5.32 Å². The first-order chi connectivity index (χ1) is 12.1. The van der Waals surface area contributed by atoms with Gasteiger partial charge in [0.05, 0.1) is 6.61 Å². The van der Waals surface area contributed by atoms with E-state index < -0.39 is 0 Å². The Kier molecular flexibility index (Phi) is 7.57. The number of likely N-dealkylation sites (N-methyl/N-ethyl adjacent to an activating group) is 1. The Morgan fingerprint density at radius 2 is 1.80 bits per heavy atom. The molecule has 25 heavy (non-hydrogen) atoms. The van der Waals surface area contributed by atoms with E-state index in [-0.39, 0.29) is 0 Å². The lowest BCUT2D eigenvalue weighted by molar-refractivity contribution is 0.317. The molecule has 0 aliphatic rings. The van der Waals surface area contributed by atoms with Crippen LogP contribution in [0.1, 0.15) is 49.4 Å². The monoisotopic (exact) mass is 335 g/mol. The number of aryl methyl sites for hydroxylation is 1. The SMILES string of the molecule is CCCOc1ccc(C#Cc2ccc(CC(C)NCC)cc2)c(C)c1. The summed E-state index contributed by atoms with van der Waals surface area (Å²) in [5.41, 5.74) is 4.59. The quantitative estimate of drug-likeness (QED) is 0.739. The molecule has 2 nitrogen and oxygen atoms in total. The molecule has 0 saturated heterocycles. The van der Waals surface area contributed by atoms with E-state index in [9.17, 15) is 0 Å². The molecule has 0 amide bonds. The van der Waals surface area contributed by atoms with Crippen LogP contribution in [0, 0.1) is 18.8 Å². The molecule has 0 aromatic heterocycles. The van der Waals surface area contributed by atoms with Gasteiger partial charge in [0.2, 0.25) is 0 Å². The topological polar surface area (TPSA) is 21.3 Å². The van der Waals surface area contributed by atoms with E-state index in [1.807, 2.05) is 12.1 Å². The minimum atomic E-state index is 0.498. The molecule has 132 valence electrons. The van der Waals surface area contributed by atoms with E-state index >= 15 is 0 Å². The first-order valence-electron chi connectivity index (χ1n) is 9.20. The van der Waals surface area contributed by atoms with E-state index in [0.29, 0.717) is 6.04 Å². The summed E-state index contributed by atoms with van der Waals surface area (Å²) in [4.78, 5) is 0. The van der Waals surface area contributed by atoms with Gasteiger partial charge in [0.25, 0.3) is 0 Å². The molecule has 0 saturated carbocycles. The molecule has 1 atom stereocenters. The van der Waals surface area contributed by atoms with Gasteiger partial charge >= 0.3 is 0 Å². The Morgan fingerprint density at radius 1 is 1.04 bits per heavy atom. The maximum absolute atomic E-state index is 5.66. The van der Waals surface area contributed by atoms with Crippen molar-refractivity contribution in [3.8, 4) is 17.6 Å². The number of rotatable bonds is 7. The Hall–Kier alpha value is -2.24. The van der Waals surface area contributed by atoms with E-state index in [0.717, 1.165) is 48.4 Å². The van der Waals surface area contributed by atoms with Crippen LogP contribution in [0.2, 0.25) is 0 Å². The fourth-order valence-corrected chi connectivity index (χ4v) is 2.72. The fraction of sp³-hybridized carbons (Fsp3) is 0.391. The minimum absolute atomic E-state index is 0.498. The van der Waals surface area contributed by atoms with Gasteiger partial charge in [0, 0.05) is 17.2 Å². The summed E-state index contributed by atoms with van der Waals surface area (Å²) in [5, 5.41) is 3.44. The van der Waals surface area contributed by atoms with E-state index in [2.05, 4.69) is 75.2 Å². The van der Waals surface area contributed by atoms with Gasteiger partial charge in [-0.1, -0.05) is 37.8 Å². The highest BCUT2D eigenvalue weighted by Crippen LogP contribution is 2.17. The smallest absolute Gasteiger partial charge is 0.119 e. The number of benzene rings is 2. The Balaban J connectivity index is 2.03. The molecule has 0 fully saturated rings. The van der Waals surface area contributed by atoms with Gasteiger partial charge in [-0.2, -0.15) is 0 Å². The second kappa shape index (κ2) is 9.91. The van der Waals surface area contributed by atoms with Crippen LogP contribution in [0.15, 0.2) is 42.5 Å². The van der Waals surface area contributed by atoms with Crippen molar-refractivity contribution in [2.45, 2.75) is 46.6 Å². The van der Waals surface area contributed by atoms with Crippen LogP contribution in [-0.4, -0.2) is 19.2 Å². The second-order valence-corrected chi connectivity index (χ2v) is 6.43. The molecule has 2 heteroatoms. The molecule has 1 unspecified atom stereocenters. The Morgan fingerprint density at radius 3 is 2.44 bits per heavy atom. The molecule has 0 aliphatic heterocycles. The lowest BCUT2D eigenvalue weighted by atomic mass is 10.0. The van der Waals surface area contributed by atoms with Gasteiger partial charge < -0.3 is 10.1 Å². The van der Waals surface area contributed by atoms with E-state index in [4.69, 9.17) is 4.74 Å². The largest absolute Gasteiger partial charge is 0.494 e. The van der Waals surface area contributed by atoms with Crippen LogP contribution in [0.25, 0.3) is 0 Å². The molecular weight excluding hydrogens is 306 g/mol. The van der Waals surface area contributed by atoms with E-state index in [1.54, 1.807) is 0 Å². The van der Waals surface area contributed by atoms with Crippen LogP contribution in [0.4, 0.5) is 0 Å². The first-order valence-corrected chi connectivity index (χ1v) is 9.20. The van der Waals surface area contributed by atoms with Crippen LogP contribution < -0.4 is 10.1 Å². The molecule has 2 aromatic rings.